The van der Waals surface area contributed by atoms with Gasteiger partial charge in [0.25, 0.3) is 0 Å². The maximum atomic E-state index is 10.2. The summed E-state index contributed by atoms with van der Waals surface area (Å²) in [5.74, 6) is -0.676. The molecule has 0 aliphatic carbocycles. The van der Waals surface area contributed by atoms with E-state index in [1.54, 1.807) is 0 Å². The first-order valence-corrected chi connectivity index (χ1v) is 7.50. The zero-order chi connectivity index (χ0) is 10.2. The fourth-order valence-electron chi connectivity index (χ4n) is 1.09. The Bertz CT molecular complexity index is 272. The summed E-state index contributed by atoms with van der Waals surface area (Å²) in [6.07, 6.45) is 2.21. The summed E-state index contributed by atoms with van der Waals surface area (Å²) < 4.78 is 2.68. The number of rotatable bonds is 6. The molecule has 0 amide bonds. The second-order valence-electron chi connectivity index (χ2n) is 3.01. The van der Waals surface area contributed by atoms with Crippen molar-refractivity contribution in [3.63, 3.8) is 0 Å². The Balaban J connectivity index is 2.08. The molecular formula is C11H14O2Te. The number of carbonyl (C=O) groups is 1. The van der Waals surface area contributed by atoms with Crippen molar-refractivity contribution < 1.29 is 9.90 Å². The summed E-state index contributed by atoms with van der Waals surface area (Å²) in [5, 5.41) is 8.44. The Kier molecular flexibility index (Phi) is 5.66. The molecule has 0 fully saturated rings. The van der Waals surface area contributed by atoms with E-state index < -0.39 is 5.97 Å². The van der Waals surface area contributed by atoms with E-state index in [4.69, 9.17) is 5.11 Å². The van der Waals surface area contributed by atoms with Gasteiger partial charge in [0.15, 0.2) is 0 Å². The summed E-state index contributed by atoms with van der Waals surface area (Å²) in [6, 6.07) is 10.5. The van der Waals surface area contributed by atoms with E-state index in [1.807, 2.05) is 6.07 Å². The molecule has 0 saturated carbocycles. The molecule has 1 rings (SSSR count). The van der Waals surface area contributed by atoms with Crippen molar-refractivity contribution in [2.24, 2.45) is 0 Å². The molecular weight excluding hydrogens is 292 g/mol. The van der Waals surface area contributed by atoms with Gasteiger partial charge in [-0.2, -0.15) is 0 Å². The number of benzene rings is 1. The van der Waals surface area contributed by atoms with Crippen molar-refractivity contribution in [3.8, 4) is 0 Å². The zero-order valence-electron chi connectivity index (χ0n) is 7.98. The van der Waals surface area contributed by atoms with Crippen molar-refractivity contribution in [2.45, 2.75) is 23.7 Å². The normalized spacial score (nSPS) is 10.0. The van der Waals surface area contributed by atoms with E-state index in [0.717, 1.165) is 12.8 Å². The number of hydrogen-bond acceptors (Lipinski definition) is 1. The first-order chi connectivity index (χ1) is 6.79. The van der Waals surface area contributed by atoms with E-state index in [0.29, 0.717) is 6.42 Å². The molecule has 3 heteroatoms. The monoisotopic (exact) mass is 308 g/mol. The second kappa shape index (κ2) is 6.86. The van der Waals surface area contributed by atoms with Crippen LogP contribution in [0.1, 0.15) is 19.3 Å². The van der Waals surface area contributed by atoms with Gasteiger partial charge in [0.05, 0.1) is 0 Å². The molecule has 0 aliphatic rings. The Morgan fingerprint density at radius 1 is 1.21 bits per heavy atom. The molecule has 0 aliphatic heterocycles. The van der Waals surface area contributed by atoms with Gasteiger partial charge in [0.1, 0.15) is 0 Å². The van der Waals surface area contributed by atoms with Crippen molar-refractivity contribution in [1.82, 2.24) is 0 Å². The molecule has 14 heavy (non-hydrogen) atoms. The van der Waals surface area contributed by atoms with Crippen LogP contribution in [-0.4, -0.2) is 32.0 Å². The first kappa shape index (κ1) is 11.6. The fraction of sp³-hybridized carbons (Fsp3) is 0.364. The van der Waals surface area contributed by atoms with Crippen LogP contribution in [0.3, 0.4) is 0 Å². The predicted octanol–water partition coefficient (Wildman–Crippen LogP) is 1.69. The van der Waals surface area contributed by atoms with Crippen molar-refractivity contribution in [3.05, 3.63) is 30.3 Å². The summed E-state index contributed by atoms with van der Waals surface area (Å²) in [7, 11) is 0. The molecule has 0 radical (unpaired) electrons. The fourth-order valence-corrected chi connectivity index (χ4v) is 3.75. The third-order valence-electron chi connectivity index (χ3n) is 1.80. The average molecular weight is 306 g/mol. The van der Waals surface area contributed by atoms with Crippen LogP contribution in [-0.2, 0) is 4.79 Å². The SMILES string of the molecule is O=C(O)CCCC[Te]c1ccccc1. The molecule has 0 unspecified atom stereocenters. The summed E-state index contributed by atoms with van der Waals surface area (Å²) in [5.41, 5.74) is 0. The number of unbranched alkanes of at least 4 members (excludes halogenated alkanes) is 1. The van der Waals surface area contributed by atoms with E-state index in [1.165, 1.54) is 8.08 Å². The molecule has 2 nitrogen and oxygen atoms in total. The molecule has 0 aromatic heterocycles. The maximum absolute atomic E-state index is 10.2. The summed E-state index contributed by atoms with van der Waals surface area (Å²) in [4.78, 5) is 10.2. The van der Waals surface area contributed by atoms with Gasteiger partial charge in [-0.1, -0.05) is 0 Å². The van der Waals surface area contributed by atoms with Gasteiger partial charge in [-0.25, -0.2) is 0 Å². The van der Waals surface area contributed by atoms with Crippen molar-refractivity contribution in [1.29, 1.82) is 0 Å². The van der Waals surface area contributed by atoms with Crippen LogP contribution in [0, 0.1) is 0 Å². The quantitative estimate of drug-likeness (QED) is 0.641. The van der Waals surface area contributed by atoms with E-state index in [-0.39, 0.29) is 20.9 Å². The topological polar surface area (TPSA) is 37.3 Å². The van der Waals surface area contributed by atoms with Gasteiger partial charge in [-0.15, -0.1) is 0 Å². The molecule has 1 N–H and O–H groups in total. The number of carboxylic acid groups (broad SMARTS) is 1. The van der Waals surface area contributed by atoms with Crippen LogP contribution >= 0.6 is 0 Å². The van der Waals surface area contributed by atoms with Crippen LogP contribution in [0.5, 0.6) is 0 Å². The molecule has 0 spiro atoms. The minimum atomic E-state index is -0.676. The number of aliphatic carboxylic acids is 1. The van der Waals surface area contributed by atoms with Gasteiger partial charge >= 0.3 is 94.5 Å². The van der Waals surface area contributed by atoms with Crippen LogP contribution in [0.15, 0.2) is 30.3 Å². The predicted molar refractivity (Wildman–Crippen MR) is 58.1 cm³/mol. The van der Waals surface area contributed by atoms with Gasteiger partial charge in [0, 0.05) is 0 Å². The summed E-state index contributed by atoms with van der Waals surface area (Å²) in [6.45, 7) is 0. The van der Waals surface area contributed by atoms with Gasteiger partial charge in [-0.05, 0) is 0 Å². The minimum absolute atomic E-state index is 0.0721. The van der Waals surface area contributed by atoms with Gasteiger partial charge in [-0.3, -0.25) is 0 Å². The van der Waals surface area contributed by atoms with Gasteiger partial charge in [0.2, 0.25) is 0 Å². The second-order valence-corrected chi connectivity index (χ2v) is 6.35. The molecule has 76 valence electrons. The zero-order valence-corrected chi connectivity index (χ0v) is 10.3. The van der Waals surface area contributed by atoms with E-state index in [9.17, 15) is 4.79 Å². The molecule has 0 saturated heterocycles. The van der Waals surface area contributed by atoms with E-state index >= 15 is 0 Å². The van der Waals surface area contributed by atoms with Crippen molar-refractivity contribution >= 4 is 30.5 Å². The third kappa shape index (κ3) is 5.26. The molecule has 1 aromatic rings. The Hall–Kier alpha value is -0.520. The number of carboxylic acids is 1. The molecule has 0 atom stereocenters. The average Bonchev–Trinajstić information content (AvgIpc) is 2.18. The van der Waals surface area contributed by atoms with Gasteiger partial charge < -0.3 is 0 Å². The standard InChI is InChI=1S/C11H14O2Te/c12-11(13)8-4-5-9-14-10-6-2-1-3-7-10/h1-3,6-7H,4-5,8-9H2,(H,12,13). The molecule has 1 aromatic carbocycles. The number of hydrogen-bond donors (Lipinski definition) is 1. The first-order valence-electron chi connectivity index (χ1n) is 4.68. The van der Waals surface area contributed by atoms with Crippen molar-refractivity contribution in [2.75, 3.05) is 0 Å². The van der Waals surface area contributed by atoms with Crippen LogP contribution in [0.4, 0.5) is 0 Å². The van der Waals surface area contributed by atoms with E-state index in [2.05, 4.69) is 24.3 Å². The molecule has 0 bridgehead atoms. The summed E-state index contributed by atoms with van der Waals surface area (Å²) >= 11 is -0.0721. The van der Waals surface area contributed by atoms with Crippen LogP contribution in [0.25, 0.3) is 0 Å². The third-order valence-corrected chi connectivity index (χ3v) is 4.93. The van der Waals surface area contributed by atoms with Crippen LogP contribution < -0.4 is 3.61 Å². The Morgan fingerprint density at radius 3 is 2.57 bits per heavy atom. The molecule has 0 heterocycles. The Morgan fingerprint density at radius 2 is 1.93 bits per heavy atom. The van der Waals surface area contributed by atoms with Crippen LogP contribution in [0.2, 0.25) is 4.47 Å². The Labute approximate surface area is 94.4 Å².